The second-order valence-corrected chi connectivity index (χ2v) is 10.3. The minimum Gasteiger partial charge on any atom is -1.00 e. The predicted octanol–water partition coefficient (Wildman–Crippen LogP) is 3.43. The molecule has 7 heteroatoms. The molecule has 2 aliphatic rings. The van der Waals surface area contributed by atoms with E-state index in [-0.39, 0.29) is 17.0 Å². The molecule has 1 aromatic heterocycles. The van der Waals surface area contributed by atoms with E-state index in [9.17, 15) is 0 Å². The summed E-state index contributed by atoms with van der Waals surface area (Å²) in [5, 5.41) is 2.23. The number of benzene rings is 3. The quantitative estimate of drug-likeness (QED) is 0.173. The lowest BCUT2D eigenvalue weighted by Gasteiger charge is -2.18. The molecule has 0 fully saturated rings. The minimum absolute atomic E-state index is 0. The lowest BCUT2D eigenvalue weighted by atomic mass is 9.95. The van der Waals surface area contributed by atoms with Crippen LogP contribution < -0.4 is 40.5 Å². The normalized spacial score (nSPS) is 13.0. The van der Waals surface area contributed by atoms with Gasteiger partial charge in [0.25, 0.3) is 0 Å². The van der Waals surface area contributed by atoms with Gasteiger partial charge in [-0.1, -0.05) is 18.2 Å². The van der Waals surface area contributed by atoms with Gasteiger partial charge in [0.2, 0.25) is 12.5 Å². The first-order valence-electron chi connectivity index (χ1n) is 12.6. The average Bonchev–Trinajstić information content (AvgIpc) is 3.38. The van der Waals surface area contributed by atoms with E-state index in [0.717, 1.165) is 65.3 Å². The Morgan fingerprint density at radius 2 is 1.78 bits per heavy atom. The van der Waals surface area contributed by atoms with E-state index in [4.69, 9.17) is 18.9 Å². The summed E-state index contributed by atoms with van der Waals surface area (Å²) < 4.78 is 25.6. The molecule has 0 saturated heterocycles. The molecule has 3 aromatic carbocycles. The van der Waals surface area contributed by atoms with Gasteiger partial charge < -0.3 is 35.9 Å². The third kappa shape index (κ3) is 5.39. The van der Waals surface area contributed by atoms with E-state index in [2.05, 4.69) is 65.4 Å². The Hall–Kier alpha value is -2.90. The molecule has 0 spiro atoms. The zero-order valence-electron chi connectivity index (χ0n) is 20.9. The van der Waals surface area contributed by atoms with Crippen LogP contribution in [0, 0.1) is 0 Å². The van der Waals surface area contributed by atoms with Crippen LogP contribution in [0.1, 0.15) is 24.8 Å². The molecule has 0 atom stereocenters. The standard InChI is InChI=1S/C30H30NO4S.BrH/c1-32-27-11-10-21-16-26-24-18-29-28(34-20-35-29)17-22(24)12-13-31(26)19-25(21)30(27)33-14-6-3-7-15-36-23-8-4-2-5-9-23;/h2,4-5,8-11,16-19H,3,6-7,12-15,20H2,1H3;1H/q+1;/p-1. The fourth-order valence-electron chi connectivity index (χ4n) is 4.97. The van der Waals surface area contributed by atoms with E-state index >= 15 is 0 Å². The Balaban J connectivity index is 0.00000280. The van der Waals surface area contributed by atoms with Crippen molar-refractivity contribution in [1.29, 1.82) is 0 Å². The summed E-state index contributed by atoms with van der Waals surface area (Å²) in [5.74, 6) is 4.42. The van der Waals surface area contributed by atoms with Crippen molar-refractivity contribution in [2.45, 2.75) is 37.1 Å². The van der Waals surface area contributed by atoms with E-state index in [1.54, 1.807) is 7.11 Å². The third-order valence-corrected chi connectivity index (χ3v) is 7.94. The van der Waals surface area contributed by atoms with Gasteiger partial charge in [-0.3, -0.25) is 0 Å². The van der Waals surface area contributed by atoms with Gasteiger partial charge in [0.15, 0.2) is 35.7 Å². The summed E-state index contributed by atoms with van der Waals surface area (Å²) >= 11 is 1.92. The number of ether oxygens (including phenoxy) is 4. The number of methoxy groups -OCH3 is 1. The Morgan fingerprint density at radius 1 is 0.946 bits per heavy atom. The molecular weight excluding hydrogens is 550 g/mol. The number of aromatic nitrogens is 1. The van der Waals surface area contributed by atoms with Crippen molar-refractivity contribution in [3.8, 4) is 34.3 Å². The van der Waals surface area contributed by atoms with Gasteiger partial charge in [0.05, 0.1) is 24.7 Å². The maximum atomic E-state index is 6.35. The highest BCUT2D eigenvalue weighted by Gasteiger charge is 2.28. The second-order valence-electron chi connectivity index (χ2n) is 9.14. The molecule has 3 heterocycles. The fraction of sp³-hybridized carbons (Fsp3) is 0.300. The number of halogens is 1. The zero-order chi connectivity index (χ0) is 24.3. The number of pyridine rings is 1. The monoisotopic (exact) mass is 579 g/mol. The first kappa shape index (κ1) is 25.7. The summed E-state index contributed by atoms with van der Waals surface area (Å²) in [6.45, 7) is 1.88. The molecule has 2 aliphatic heterocycles. The topological polar surface area (TPSA) is 40.8 Å². The van der Waals surface area contributed by atoms with Crippen molar-refractivity contribution in [2.24, 2.45) is 0 Å². The molecule has 0 radical (unpaired) electrons. The van der Waals surface area contributed by atoms with Crippen LogP contribution in [0.25, 0.3) is 22.0 Å². The van der Waals surface area contributed by atoms with Crippen LogP contribution in [0.5, 0.6) is 23.0 Å². The van der Waals surface area contributed by atoms with E-state index in [1.165, 1.54) is 28.1 Å². The van der Waals surface area contributed by atoms with Crippen molar-refractivity contribution >= 4 is 22.5 Å². The van der Waals surface area contributed by atoms with Crippen molar-refractivity contribution in [2.75, 3.05) is 26.3 Å². The second kappa shape index (κ2) is 11.7. The van der Waals surface area contributed by atoms with E-state index in [0.29, 0.717) is 13.4 Å². The number of rotatable bonds is 9. The van der Waals surface area contributed by atoms with Crippen LogP contribution in [0.4, 0.5) is 0 Å². The molecule has 0 bridgehead atoms. The summed E-state index contributed by atoms with van der Waals surface area (Å²) in [7, 11) is 1.71. The molecule has 5 nitrogen and oxygen atoms in total. The minimum atomic E-state index is 0. The van der Waals surface area contributed by atoms with Crippen LogP contribution in [-0.2, 0) is 13.0 Å². The first-order valence-corrected chi connectivity index (χ1v) is 13.6. The van der Waals surface area contributed by atoms with Gasteiger partial charge >= 0.3 is 0 Å². The van der Waals surface area contributed by atoms with Gasteiger partial charge in [-0.05, 0) is 72.4 Å². The smallest absolute Gasteiger partial charge is 0.231 e. The lowest BCUT2D eigenvalue weighted by Crippen LogP contribution is -3.00. The fourth-order valence-corrected chi connectivity index (χ4v) is 5.90. The van der Waals surface area contributed by atoms with Gasteiger partial charge in [0, 0.05) is 17.4 Å². The molecule has 4 aromatic rings. The van der Waals surface area contributed by atoms with Gasteiger partial charge in [0.1, 0.15) is 0 Å². The molecule has 0 N–H and O–H groups in total. The van der Waals surface area contributed by atoms with Crippen LogP contribution in [0.15, 0.2) is 71.8 Å². The number of unbranched alkanes of at least 4 members (excludes halogenated alkanes) is 2. The lowest BCUT2D eigenvalue weighted by molar-refractivity contribution is -0.686. The Kier molecular flexibility index (Phi) is 8.11. The Labute approximate surface area is 232 Å². The van der Waals surface area contributed by atoms with Crippen LogP contribution in [0.3, 0.4) is 0 Å². The highest BCUT2D eigenvalue weighted by molar-refractivity contribution is 7.99. The third-order valence-electron chi connectivity index (χ3n) is 6.84. The van der Waals surface area contributed by atoms with Crippen molar-refractivity contribution in [3.63, 3.8) is 0 Å². The summed E-state index contributed by atoms with van der Waals surface area (Å²) in [4.78, 5) is 1.34. The molecule has 6 rings (SSSR count). The highest BCUT2D eigenvalue weighted by atomic mass is 79.9. The molecule has 0 amide bonds. The maximum Gasteiger partial charge on any atom is 0.231 e. The molecule has 192 valence electrons. The molecular formula is C30H30BrNO4S. The van der Waals surface area contributed by atoms with Gasteiger partial charge in [-0.25, -0.2) is 0 Å². The summed E-state index contributed by atoms with van der Waals surface area (Å²) in [5.41, 5.74) is 3.70. The Bertz CT molecular complexity index is 1400. The zero-order valence-corrected chi connectivity index (χ0v) is 23.3. The number of hydrogen-bond acceptors (Lipinski definition) is 5. The molecule has 0 unspecified atom stereocenters. The van der Waals surface area contributed by atoms with Crippen molar-refractivity contribution < 1.29 is 40.5 Å². The van der Waals surface area contributed by atoms with E-state index < -0.39 is 0 Å². The molecule has 37 heavy (non-hydrogen) atoms. The molecule has 0 aliphatic carbocycles. The SMILES string of the molecule is COc1ccc2cc3[n+](cc2c1OCCCCCSc1ccccc1)CCc1cc2c(cc1-3)OCO2.[Br-]. The largest absolute Gasteiger partial charge is 1.00 e. The number of fused-ring (bicyclic) bond motifs is 5. The van der Waals surface area contributed by atoms with Crippen molar-refractivity contribution in [1.82, 2.24) is 0 Å². The van der Waals surface area contributed by atoms with Crippen LogP contribution in [-0.4, -0.2) is 26.3 Å². The summed E-state index contributed by atoms with van der Waals surface area (Å²) in [6.07, 6.45) is 6.51. The number of nitrogens with zero attached hydrogens (tertiary/aromatic N) is 1. The first-order chi connectivity index (χ1) is 17.8. The summed E-state index contributed by atoms with van der Waals surface area (Å²) in [6, 6.07) is 21.2. The highest BCUT2D eigenvalue weighted by Crippen LogP contribution is 2.41. The van der Waals surface area contributed by atoms with Crippen LogP contribution >= 0.6 is 11.8 Å². The molecule has 0 saturated carbocycles. The number of thioether (sulfide) groups is 1. The Morgan fingerprint density at radius 3 is 2.62 bits per heavy atom. The predicted molar refractivity (Wildman–Crippen MR) is 142 cm³/mol. The van der Waals surface area contributed by atoms with Crippen LogP contribution in [0.2, 0.25) is 0 Å². The number of aryl methyl sites for hydroxylation is 2. The average molecular weight is 581 g/mol. The van der Waals surface area contributed by atoms with Gasteiger partial charge in [-0.2, -0.15) is 4.57 Å². The van der Waals surface area contributed by atoms with E-state index in [1.807, 2.05) is 17.8 Å². The maximum absolute atomic E-state index is 6.35. The number of hydrogen-bond donors (Lipinski definition) is 0. The van der Waals surface area contributed by atoms with Crippen molar-refractivity contribution in [3.05, 3.63) is 72.4 Å². The van der Waals surface area contributed by atoms with Gasteiger partial charge in [-0.15, -0.1) is 11.8 Å².